The Morgan fingerprint density at radius 1 is 1.47 bits per heavy atom. The molecule has 0 aromatic carbocycles. The van der Waals surface area contributed by atoms with E-state index in [0.29, 0.717) is 4.57 Å². The molecule has 10 heteroatoms. The van der Waals surface area contributed by atoms with Crippen LogP contribution in [0.25, 0.3) is 0 Å². The van der Waals surface area contributed by atoms with Gasteiger partial charge in [-0.1, -0.05) is 0 Å². The molecule has 1 aromatic heterocycles. The Hall–Kier alpha value is -1.56. The summed E-state index contributed by atoms with van der Waals surface area (Å²) in [5.41, 5.74) is 4.13. The van der Waals surface area contributed by atoms with Crippen molar-refractivity contribution < 1.29 is 30.3 Å². The lowest BCUT2D eigenvalue weighted by molar-refractivity contribution is -0.390. The molecule has 0 amide bonds. The van der Waals surface area contributed by atoms with E-state index in [1.165, 1.54) is 0 Å². The van der Waals surface area contributed by atoms with E-state index in [2.05, 4.69) is 4.98 Å². The van der Waals surface area contributed by atoms with Crippen LogP contribution in [0.2, 0.25) is 0 Å². The zero-order valence-electron chi connectivity index (χ0n) is 9.54. The van der Waals surface area contributed by atoms with Crippen LogP contribution in [-0.2, 0) is 10.6 Å². The van der Waals surface area contributed by atoms with Gasteiger partial charge in [-0.2, -0.15) is 4.98 Å². The highest BCUT2D eigenvalue weighted by molar-refractivity contribution is 5.24. The molecule has 1 aromatic rings. The summed E-state index contributed by atoms with van der Waals surface area (Å²) in [6, 6.07) is 1.11. The summed E-state index contributed by atoms with van der Waals surface area (Å²) in [5.74, 6) is -6.37. The molecule has 0 aliphatic carbocycles. The van der Waals surface area contributed by atoms with Crippen molar-refractivity contribution in [3.63, 3.8) is 0 Å². The van der Waals surface area contributed by atoms with E-state index in [9.17, 15) is 25.2 Å². The van der Waals surface area contributed by atoms with Gasteiger partial charge in [-0.3, -0.25) is 0 Å². The second kappa shape index (κ2) is 4.23. The third-order valence-corrected chi connectivity index (χ3v) is 2.89. The van der Waals surface area contributed by atoms with Crippen LogP contribution in [0, 0.1) is 0 Å². The van der Waals surface area contributed by atoms with Gasteiger partial charge in [0.2, 0.25) is 0 Å². The summed E-state index contributed by atoms with van der Waals surface area (Å²) < 4.78 is 5.12. The smallest absolute Gasteiger partial charge is 0.353 e. The van der Waals surface area contributed by atoms with Gasteiger partial charge in [0.15, 0.2) is 0 Å². The Morgan fingerprint density at radius 3 is 2.58 bits per heavy atom. The zero-order chi connectivity index (χ0) is 14.4. The van der Waals surface area contributed by atoms with Crippen molar-refractivity contribution in [3.8, 4) is 0 Å². The Labute approximate surface area is 105 Å². The second-order valence-electron chi connectivity index (χ2n) is 4.12. The summed E-state index contributed by atoms with van der Waals surface area (Å²) in [6.07, 6.45) is -2.62. The van der Waals surface area contributed by atoms with Crippen molar-refractivity contribution in [1.82, 2.24) is 9.55 Å². The molecular formula is C9H13N3O7. The molecule has 106 valence electrons. The monoisotopic (exact) mass is 275 g/mol. The fourth-order valence-corrected chi connectivity index (χ4v) is 1.83. The average molecular weight is 275 g/mol. The lowest BCUT2D eigenvalue weighted by Gasteiger charge is -2.33. The Balaban J connectivity index is 2.56. The molecule has 0 spiro atoms. The number of aliphatic hydroxyl groups excluding tert-OH is 2. The molecule has 1 fully saturated rings. The number of hydrogen-bond donors (Lipinski definition) is 6. The van der Waals surface area contributed by atoms with E-state index in [-0.39, 0.29) is 5.82 Å². The van der Waals surface area contributed by atoms with Gasteiger partial charge in [0.05, 0.1) is 6.61 Å². The van der Waals surface area contributed by atoms with Gasteiger partial charge in [0.1, 0.15) is 18.0 Å². The predicted octanol–water partition coefficient (Wildman–Crippen LogP) is -4.14. The number of nitrogens with two attached hydrogens (primary N) is 1. The van der Waals surface area contributed by atoms with Crippen LogP contribution in [0.15, 0.2) is 17.1 Å². The van der Waals surface area contributed by atoms with Crippen LogP contribution >= 0.6 is 0 Å². The molecule has 1 saturated heterocycles. The maximum Gasteiger partial charge on any atom is 0.353 e. The van der Waals surface area contributed by atoms with Gasteiger partial charge in [-0.25, -0.2) is 9.36 Å². The summed E-state index contributed by atoms with van der Waals surface area (Å²) in [4.78, 5) is 14.9. The summed E-state index contributed by atoms with van der Waals surface area (Å²) in [6.45, 7) is -0.802. The highest BCUT2D eigenvalue weighted by Gasteiger charge is 2.66. The molecule has 7 N–H and O–H groups in total. The number of anilines is 1. The molecule has 2 heterocycles. The fraction of sp³-hybridized carbons (Fsp3) is 0.556. The first kappa shape index (κ1) is 13.9. The fourth-order valence-electron chi connectivity index (χ4n) is 1.83. The minimum atomic E-state index is -3.22. The van der Waals surface area contributed by atoms with Gasteiger partial charge in [-0.15, -0.1) is 0 Å². The van der Waals surface area contributed by atoms with Crippen LogP contribution in [0.5, 0.6) is 0 Å². The van der Waals surface area contributed by atoms with Crippen LogP contribution in [-0.4, -0.2) is 59.7 Å². The van der Waals surface area contributed by atoms with Crippen molar-refractivity contribution in [2.75, 3.05) is 12.3 Å². The number of aromatic nitrogens is 2. The van der Waals surface area contributed by atoms with E-state index >= 15 is 0 Å². The minimum Gasteiger partial charge on any atom is -0.394 e. The van der Waals surface area contributed by atoms with E-state index in [4.69, 9.17) is 15.6 Å². The van der Waals surface area contributed by atoms with Gasteiger partial charge in [-0.05, 0) is 6.07 Å². The topological polar surface area (TPSA) is 171 Å². The molecule has 0 bridgehead atoms. The van der Waals surface area contributed by atoms with Crippen molar-refractivity contribution in [3.05, 3.63) is 22.7 Å². The normalized spacial score (nSPS) is 33.5. The second-order valence-corrected chi connectivity index (χ2v) is 4.12. The first-order valence-electron chi connectivity index (χ1n) is 5.23. The van der Waals surface area contributed by atoms with Gasteiger partial charge >= 0.3 is 11.6 Å². The lowest BCUT2D eigenvalue weighted by atomic mass is 10.1. The Kier molecular flexibility index (Phi) is 3.09. The predicted molar refractivity (Wildman–Crippen MR) is 58.2 cm³/mol. The van der Waals surface area contributed by atoms with Gasteiger partial charge < -0.3 is 36.0 Å². The van der Waals surface area contributed by atoms with Crippen LogP contribution < -0.4 is 11.4 Å². The molecule has 19 heavy (non-hydrogen) atoms. The maximum atomic E-state index is 11.6. The van der Waals surface area contributed by atoms with Crippen LogP contribution in [0.4, 0.5) is 5.82 Å². The molecule has 10 nitrogen and oxygen atoms in total. The van der Waals surface area contributed by atoms with E-state index in [1.807, 2.05) is 0 Å². The number of rotatable bonds is 2. The molecule has 0 saturated carbocycles. The first-order valence-corrected chi connectivity index (χ1v) is 5.23. The molecule has 3 atom stereocenters. The van der Waals surface area contributed by atoms with Crippen molar-refractivity contribution >= 4 is 5.82 Å². The van der Waals surface area contributed by atoms with Crippen LogP contribution in [0.3, 0.4) is 0 Å². The first-order chi connectivity index (χ1) is 8.74. The zero-order valence-corrected chi connectivity index (χ0v) is 9.54. The Bertz CT molecular complexity index is 545. The lowest BCUT2D eigenvalue weighted by Crippen LogP contribution is -2.60. The van der Waals surface area contributed by atoms with Crippen molar-refractivity contribution in [2.24, 2.45) is 0 Å². The molecular weight excluding hydrogens is 262 g/mol. The maximum absolute atomic E-state index is 11.6. The highest BCUT2D eigenvalue weighted by Crippen LogP contribution is 2.39. The number of hydrogen-bond acceptors (Lipinski definition) is 9. The summed E-state index contributed by atoms with van der Waals surface area (Å²) in [5, 5.41) is 48.1. The third-order valence-electron chi connectivity index (χ3n) is 2.89. The number of ether oxygens (including phenoxy) is 1. The minimum absolute atomic E-state index is 0.149. The quantitative estimate of drug-likeness (QED) is 0.293. The number of aliphatic hydroxyl groups is 5. The van der Waals surface area contributed by atoms with Crippen molar-refractivity contribution in [2.45, 2.75) is 23.9 Å². The molecule has 0 unspecified atom stereocenters. The SMILES string of the molecule is Nc1ccn([C@]2(O)O[C@H](CO)[C@@H](O)C2(O)O)c(=O)n1. The summed E-state index contributed by atoms with van der Waals surface area (Å²) in [7, 11) is 0. The molecule has 2 rings (SSSR count). The average Bonchev–Trinajstić information content (AvgIpc) is 2.50. The largest absolute Gasteiger partial charge is 0.394 e. The van der Waals surface area contributed by atoms with Gasteiger partial charge in [0.25, 0.3) is 5.79 Å². The van der Waals surface area contributed by atoms with E-state index in [1.54, 1.807) is 0 Å². The molecule has 1 aliphatic heterocycles. The van der Waals surface area contributed by atoms with Crippen molar-refractivity contribution in [1.29, 1.82) is 0 Å². The van der Waals surface area contributed by atoms with E-state index in [0.717, 1.165) is 12.3 Å². The summed E-state index contributed by atoms with van der Waals surface area (Å²) >= 11 is 0. The third kappa shape index (κ3) is 1.82. The molecule has 0 radical (unpaired) electrons. The molecule has 1 aliphatic rings. The van der Waals surface area contributed by atoms with Gasteiger partial charge in [0, 0.05) is 6.20 Å². The van der Waals surface area contributed by atoms with Crippen LogP contribution in [0.1, 0.15) is 0 Å². The number of nitrogens with zero attached hydrogens (tertiary/aromatic N) is 2. The highest BCUT2D eigenvalue weighted by atomic mass is 16.7. The van der Waals surface area contributed by atoms with E-state index < -0.39 is 36.2 Å². The number of nitrogen functional groups attached to an aromatic ring is 1. The Morgan fingerprint density at radius 2 is 2.11 bits per heavy atom. The standard InChI is InChI=1S/C9H13N3O7/c10-5-1-2-12(7(15)11-5)9(18)8(16,17)6(14)4(3-13)19-9/h1-2,4,6,13-14,16-18H,3H2,(H2,10,11,15)/t4-,6-,9-/m1/s1.